The van der Waals surface area contributed by atoms with Gasteiger partial charge in [0.05, 0.1) is 16.5 Å². The van der Waals surface area contributed by atoms with Gasteiger partial charge in [0.1, 0.15) is 5.75 Å². The Bertz CT molecular complexity index is 464. The van der Waals surface area contributed by atoms with Crippen LogP contribution in [0, 0.1) is 0 Å². The number of nitrogens with two attached hydrogens (primary N) is 1. The lowest BCUT2D eigenvalue weighted by atomic mass is 10.2. The average Bonchev–Trinajstić information content (AvgIpc) is 2.45. The largest absolute Gasteiger partial charge is 0.492 e. The third kappa shape index (κ3) is 1.67. The molecule has 0 bridgehead atoms. The zero-order chi connectivity index (χ0) is 10.1. The molecule has 1 heterocycles. The number of hydrogen-bond acceptors (Lipinski definition) is 4. The number of nitrogen functional groups attached to an aromatic ring is 1. The number of fused-ring (bicyclic) bond motifs is 1. The van der Waals surface area contributed by atoms with Gasteiger partial charge in [0, 0.05) is 10.8 Å². The van der Waals surface area contributed by atoms with E-state index in [-0.39, 0.29) is 0 Å². The molecule has 0 radical (unpaired) electrons. The van der Waals surface area contributed by atoms with E-state index in [0.717, 1.165) is 20.0 Å². The molecule has 0 unspecified atom stereocenters. The van der Waals surface area contributed by atoms with Crippen LogP contribution >= 0.6 is 24.0 Å². The molecule has 0 saturated heterocycles. The number of rotatable bonds is 2. The van der Waals surface area contributed by atoms with E-state index in [1.54, 1.807) is 11.3 Å². The van der Waals surface area contributed by atoms with Gasteiger partial charge in [-0.15, -0.1) is 24.0 Å². The van der Waals surface area contributed by atoms with Gasteiger partial charge in [-0.1, -0.05) is 0 Å². The molecule has 0 amide bonds. The molecule has 1 aromatic carbocycles. The van der Waals surface area contributed by atoms with Gasteiger partial charge in [-0.3, -0.25) is 0 Å². The van der Waals surface area contributed by atoms with E-state index in [1.165, 1.54) is 0 Å². The molecule has 0 aliphatic heterocycles. The van der Waals surface area contributed by atoms with Gasteiger partial charge in [-0.05, 0) is 24.4 Å². The van der Waals surface area contributed by atoms with Gasteiger partial charge in [0.15, 0.2) is 0 Å². The van der Waals surface area contributed by atoms with Crippen LogP contribution in [-0.2, 0) is 0 Å². The van der Waals surface area contributed by atoms with Crippen LogP contribution in [0.3, 0.4) is 0 Å². The molecule has 0 fully saturated rings. The van der Waals surface area contributed by atoms with Crippen LogP contribution < -0.4 is 10.5 Å². The first kappa shape index (κ1) is 9.68. The van der Waals surface area contributed by atoms with Crippen molar-refractivity contribution in [1.29, 1.82) is 0 Å². The molecule has 2 N–H and O–H groups in total. The fourth-order valence-electron chi connectivity index (χ4n) is 1.35. The minimum absolute atomic E-state index is 0.634. The maximum Gasteiger partial charge on any atom is 0.143 e. The summed E-state index contributed by atoms with van der Waals surface area (Å²) in [6.07, 6.45) is 0. The van der Waals surface area contributed by atoms with E-state index in [1.807, 2.05) is 25.1 Å². The molecule has 74 valence electrons. The van der Waals surface area contributed by atoms with Gasteiger partial charge >= 0.3 is 0 Å². The summed E-state index contributed by atoms with van der Waals surface area (Å²) in [4.78, 5) is 0. The molecule has 4 heteroatoms. The average molecular weight is 225 g/mol. The van der Waals surface area contributed by atoms with E-state index in [0.29, 0.717) is 12.3 Å². The number of benzene rings is 1. The molecule has 2 aromatic rings. The standard InChI is InChI=1S/C10H11NOS2/c1-2-12-8-5-9-6(3-7(8)11)4-10(13)14-9/h3-5,13H,2,11H2,1H3. The fraction of sp³-hybridized carbons (Fsp3) is 0.200. The zero-order valence-electron chi connectivity index (χ0n) is 7.78. The first-order valence-electron chi connectivity index (χ1n) is 4.35. The van der Waals surface area contributed by atoms with E-state index in [4.69, 9.17) is 10.5 Å². The van der Waals surface area contributed by atoms with Crippen LogP contribution in [0.2, 0.25) is 0 Å². The van der Waals surface area contributed by atoms with Crippen molar-refractivity contribution in [2.75, 3.05) is 12.3 Å². The van der Waals surface area contributed by atoms with Crippen molar-refractivity contribution in [2.45, 2.75) is 11.1 Å². The summed E-state index contributed by atoms with van der Waals surface area (Å²) in [5.41, 5.74) is 6.52. The summed E-state index contributed by atoms with van der Waals surface area (Å²) in [7, 11) is 0. The summed E-state index contributed by atoms with van der Waals surface area (Å²) < 4.78 is 7.56. The highest BCUT2D eigenvalue weighted by Gasteiger charge is 2.05. The number of ether oxygens (including phenoxy) is 1. The van der Waals surface area contributed by atoms with E-state index in [2.05, 4.69) is 12.6 Å². The highest BCUT2D eigenvalue weighted by atomic mass is 32.2. The van der Waals surface area contributed by atoms with Crippen LogP contribution in [0.25, 0.3) is 10.1 Å². The van der Waals surface area contributed by atoms with Crippen LogP contribution in [0.15, 0.2) is 22.4 Å². The van der Waals surface area contributed by atoms with Crippen LogP contribution in [0.4, 0.5) is 5.69 Å². The summed E-state index contributed by atoms with van der Waals surface area (Å²) in [6.45, 7) is 2.58. The molecule has 0 saturated carbocycles. The highest BCUT2D eigenvalue weighted by molar-refractivity contribution is 7.83. The molecule has 1 aromatic heterocycles. The molecular weight excluding hydrogens is 214 g/mol. The van der Waals surface area contributed by atoms with Crippen molar-refractivity contribution < 1.29 is 4.74 Å². The van der Waals surface area contributed by atoms with Gasteiger partial charge in [0.25, 0.3) is 0 Å². The molecule has 2 nitrogen and oxygen atoms in total. The normalized spacial score (nSPS) is 10.7. The lowest BCUT2D eigenvalue weighted by Gasteiger charge is -2.05. The Kier molecular flexibility index (Phi) is 2.56. The number of thiophene rings is 1. The Hall–Kier alpha value is -0.870. The number of thiol groups is 1. The Morgan fingerprint density at radius 3 is 2.93 bits per heavy atom. The van der Waals surface area contributed by atoms with E-state index in [9.17, 15) is 0 Å². The lowest BCUT2D eigenvalue weighted by Crippen LogP contribution is -1.95. The SMILES string of the molecule is CCOc1cc2sc(S)cc2cc1N. The highest BCUT2D eigenvalue weighted by Crippen LogP contribution is 2.34. The Balaban J connectivity index is 2.58. The topological polar surface area (TPSA) is 35.2 Å². The maximum absolute atomic E-state index is 5.84. The van der Waals surface area contributed by atoms with Gasteiger partial charge in [0.2, 0.25) is 0 Å². The third-order valence-corrected chi connectivity index (χ3v) is 3.24. The Morgan fingerprint density at radius 1 is 1.43 bits per heavy atom. The summed E-state index contributed by atoms with van der Waals surface area (Å²) in [6, 6.07) is 5.91. The molecule has 14 heavy (non-hydrogen) atoms. The first-order valence-corrected chi connectivity index (χ1v) is 5.62. The molecular formula is C10H11NOS2. The second kappa shape index (κ2) is 3.71. The second-order valence-electron chi connectivity index (χ2n) is 2.95. The maximum atomic E-state index is 5.84. The Morgan fingerprint density at radius 2 is 2.21 bits per heavy atom. The predicted octanol–water partition coefficient (Wildman–Crippen LogP) is 3.17. The minimum atomic E-state index is 0.634. The van der Waals surface area contributed by atoms with E-state index >= 15 is 0 Å². The number of hydrogen-bond donors (Lipinski definition) is 2. The molecule has 0 atom stereocenters. The van der Waals surface area contributed by atoms with Gasteiger partial charge in [-0.25, -0.2) is 0 Å². The molecule has 0 aliphatic carbocycles. The summed E-state index contributed by atoms with van der Waals surface area (Å²) in [5.74, 6) is 0.759. The summed E-state index contributed by atoms with van der Waals surface area (Å²) in [5, 5.41) is 1.13. The zero-order valence-corrected chi connectivity index (χ0v) is 9.49. The minimum Gasteiger partial charge on any atom is -0.492 e. The van der Waals surface area contributed by atoms with Crippen LogP contribution in [0.1, 0.15) is 6.92 Å². The van der Waals surface area contributed by atoms with Crippen molar-refractivity contribution >= 4 is 39.7 Å². The molecule has 0 spiro atoms. The van der Waals surface area contributed by atoms with Crippen LogP contribution in [0.5, 0.6) is 5.75 Å². The van der Waals surface area contributed by atoms with Gasteiger partial charge in [-0.2, -0.15) is 0 Å². The third-order valence-electron chi connectivity index (χ3n) is 1.94. The molecule has 2 rings (SSSR count). The smallest absolute Gasteiger partial charge is 0.143 e. The summed E-state index contributed by atoms with van der Waals surface area (Å²) >= 11 is 5.93. The van der Waals surface area contributed by atoms with Crippen molar-refractivity contribution in [3.8, 4) is 5.75 Å². The molecule has 0 aliphatic rings. The quantitative estimate of drug-likeness (QED) is 0.608. The Labute approximate surface area is 92.1 Å². The fourth-order valence-corrected chi connectivity index (χ4v) is 2.60. The van der Waals surface area contributed by atoms with Crippen LogP contribution in [-0.4, -0.2) is 6.61 Å². The second-order valence-corrected chi connectivity index (χ2v) is 4.81. The van der Waals surface area contributed by atoms with Crippen molar-refractivity contribution in [3.05, 3.63) is 18.2 Å². The van der Waals surface area contributed by atoms with Crippen molar-refractivity contribution in [2.24, 2.45) is 0 Å². The predicted molar refractivity (Wildman–Crippen MR) is 64.7 cm³/mol. The monoisotopic (exact) mass is 225 g/mol. The van der Waals surface area contributed by atoms with Gasteiger partial charge < -0.3 is 10.5 Å². The van der Waals surface area contributed by atoms with Crippen molar-refractivity contribution in [1.82, 2.24) is 0 Å². The lowest BCUT2D eigenvalue weighted by molar-refractivity contribution is 0.342. The van der Waals surface area contributed by atoms with Crippen molar-refractivity contribution in [3.63, 3.8) is 0 Å². The first-order chi connectivity index (χ1) is 6.70. The van der Waals surface area contributed by atoms with E-state index < -0.39 is 0 Å². The number of anilines is 1.